The fourth-order valence-corrected chi connectivity index (χ4v) is 3.71. The molecule has 0 fully saturated rings. The summed E-state index contributed by atoms with van der Waals surface area (Å²) in [7, 11) is 0. The van der Waals surface area contributed by atoms with Gasteiger partial charge in [0.25, 0.3) is 5.91 Å². The van der Waals surface area contributed by atoms with Crippen molar-refractivity contribution in [3.05, 3.63) is 88.0 Å². The van der Waals surface area contributed by atoms with Gasteiger partial charge in [0.2, 0.25) is 0 Å². The minimum Gasteiger partial charge on any atom is -0.492 e. The van der Waals surface area contributed by atoms with Gasteiger partial charge in [-0.3, -0.25) is 9.78 Å². The maximum absolute atomic E-state index is 13.4. The zero-order valence-corrected chi connectivity index (χ0v) is 18.5. The summed E-state index contributed by atoms with van der Waals surface area (Å²) in [6, 6.07) is 14.1. The van der Waals surface area contributed by atoms with Crippen LogP contribution < -0.4 is 15.4 Å². The number of halogens is 2. The molecule has 2 heterocycles. The third-order valence-electron chi connectivity index (χ3n) is 5.09. The van der Waals surface area contributed by atoms with E-state index in [0.29, 0.717) is 35.7 Å². The number of nitrogens with zero attached hydrogens (tertiary/aromatic N) is 1. The van der Waals surface area contributed by atoms with Crippen LogP contribution in [0.3, 0.4) is 0 Å². The average Bonchev–Trinajstić information content (AvgIpc) is 2.80. The number of carbonyl (C=O) groups excluding carboxylic acids is 2. The molecule has 0 saturated heterocycles. The molecule has 4 rings (SSSR count). The van der Waals surface area contributed by atoms with E-state index in [0.717, 1.165) is 5.69 Å². The highest BCUT2D eigenvalue weighted by Crippen LogP contribution is 2.35. The number of amides is 2. The Balaban J connectivity index is 1.45. The van der Waals surface area contributed by atoms with E-state index in [2.05, 4.69) is 15.6 Å². The van der Waals surface area contributed by atoms with Gasteiger partial charge in [0.15, 0.2) is 0 Å². The number of alkyl carbamates (subject to hydrolysis) is 1. The predicted octanol–water partition coefficient (Wildman–Crippen LogP) is 5.18. The summed E-state index contributed by atoms with van der Waals surface area (Å²) >= 11 is 5.79. The fraction of sp³-hybridized carbons (Fsp3) is 0.208. The van der Waals surface area contributed by atoms with Gasteiger partial charge in [-0.15, -0.1) is 0 Å². The third kappa shape index (κ3) is 5.40. The first-order chi connectivity index (χ1) is 15.9. The standard InChI is InChI=1S/C24H21ClFN3O4/c1-14-4-2-5-16(27-14)13-33-24(31)29-21-10-11-32-22-17(21)6-3-7-18(22)23(30)28-15-8-9-20(26)19(25)12-15/h2-9,12,21H,10-11,13H2,1H3,(H,28,30)(H,29,31)/t21-/m0/s1. The van der Waals surface area contributed by atoms with Crippen LogP contribution in [0, 0.1) is 12.7 Å². The number of benzene rings is 2. The molecule has 33 heavy (non-hydrogen) atoms. The van der Waals surface area contributed by atoms with E-state index in [-0.39, 0.29) is 23.2 Å². The Morgan fingerprint density at radius 2 is 2.03 bits per heavy atom. The van der Waals surface area contributed by atoms with E-state index in [9.17, 15) is 14.0 Å². The summed E-state index contributed by atoms with van der Waals surface area (Å²) in [5.74, 6) is -0.641. The molecule has 0 bridgehead atoms. The molecule has 1 aromatic heterocycles. The molecule has 3 aromatic rings. The fourth-order valence-electron chi connectivity index (χ4n) is 3.53. The van der Waals surface area contributed by atoms with Crippen molar-refractivity contribution in [2.24, 2.45) is 0 Å². The summed E-state index contributed by atoms with van der Waals surface area (Å²) in [5.41, 5.74) is 2.79. The van der Waals surface area contributed by atoms with Gasteiger partial charge in [0.05, 0.1) is 28.9 Å². The third-order valence-corrected chi connectivity index (χ3v) is 5.37. The molecule has 2 aromatic carbocycles. The van der Waals surface area contributed by atoms with Crippen molar-refractivity contribution >= 4 is 29.3 Å². The molecule has 0 spiro atoms. The van der Waals surface area contributed by atoms with Crippen LogP contribution in [-0.2, 0) is 11.3 Å². The number of anilines is 1. The number of hydrogen-bond acceptors (Lipinski definition) is 5. The van der Waals surface area contributed by atoms with Crippen LogP contribution in [0.2, 0.25) is 5.02 Å². The highest BCUT2D eigenvalue weighted by atomic mass is 35.5. The van der Waals surface area contributed by atoms with Crippen molar-refractivity contribution in [1.82, 2.24) is 10.3 Å². The van der Waals surface area contributed by atoms with Gasteiger partial charge in [-0.05, 0) is 43.3 Å². The van der Waals surface area contributed by atoms with Crippen LogP contribution in [0.25, 0.3) is 0 Å². The molecule has 9 heteroatoms. The van der Waals surface area contributed by atoms with Crippen LogP contribution in [0.15, 0.2) is 54.6 Å². The predicted molar refractivity (Wildman–Crippen MR) is 121 cm³/mol. The van der Waals surface area contributed by atoms with E-state index < -0.39 is 17.8 Å². The summed E-state index contributed by atoms with van der Waals surface area (Å²) in [6.45, 7) is 2.22. The quantitative estimate of drug-likeness (QED) is 0.537. The summed E-state index contributed by atoms with van der Waals surface area (Å²) in [5, 5.41) is 5.42. The maximum Gasteiger partial charge on any atom is 0.408 e. The summed E-state index contributed by atoms with van der Waals surface area (Å²) in [6.07, 6.45) is -0.0735. The van der Waals surface area contributed by atoms with Crippen LogP contribution in [0.4, 0.5) is 14.9 Å². The van der Waals surface area contributed by atoms with Crippen molar-refractivity contribution in [3.63, 3.8) is 0 Å². The first-order valence-electron chi connectivity index (χ1n) is 10.3. The maximum atomic E-state index is 13.4. The molecule has 0 saturated carbocycles. The van der Waals surface area contributed by atoms with Crippen LogP contribution in [0.1, 0.15) is 39.8 Å². The van der Waals surface area contributed by atoms with Crippen molar-refractivity contribution in [2.75, 3.05) is 11.9 Å². The second-order valence-electron chi connectivity index (χ2n) is 7.49. The minimum atomic E-state index is -0.591. The summed E-state index contributed by atoms with van der Waals surface area (Å²) < 4.78 is 24.5. The lowest BCUT2D eigenvalue weighted by molar-refractivity contribution is 0.102. The number of nitrogens with one attached hydrogen (secondary N) is 2. The molecule has 0 aliphatic carbocycles. The van der Waals surface area contributed by atoms with E-state index in [1.165, 1.54) is 18.2 Å². The number of rotatable bonds is 5. The smallest absolute Gasteiger partial charge is 0.408 e. The molecular weight excluding hydrogens is 449 g/mol. The van der Waals surface area contributed by atoms with Crippen molar-refractivity contribution < 1.29 is 23.5 Å². The lowest BCUT2D eigenvalue weighted by Crippen LogP contribution is -2.33. The molecule has 1 aliphatic heterocycles. The van der Waals surface area contributed by atoms with Gasteiger partial charge in [-0.25, -0.2) is 9.18 Å². The SMILES string of the molecule is Cc1cccc(COC(=O)N[C@H]2CCOc3c(C(=O)Nc4ccc(F)c(Cl)c4)cccc32)n1. The Morgan fingerprint density at radius 3 is 2.82 bits per heavy atom. The number of ether oxygens (including phenoxy) is 2. The zero-order valence-electron chi connectivity index (χ0n) is 17.7. The number of fused-ring (bicyclic) bond motifs is 1. The molecular formula is C24H21ClFN3O4. The van der Waals surface area contributed by atoms with Gasteiger partial charge >= 0.3 is 6.09 Å². The Hall–Kier alpha value is -3.65. The van der Waals surface area contributed by atoms with E-state index >= 15 is 0 Å². The Kier molecular flexibility index (Phi) is 6.74. The molecule has 2 amide bonds. The van der Waals surface area contributed by atoms with Crippen LogP contribution in [0.5, 0.6) is 5.75 Å². The molecule has 170 valence electrons. The number of para-hydroxylation sites is 1. The molecule has 0 radical (unpaired) electrons. The molecule has 7 nitrogen and oxygen atoms in total. The molecule has 0 unspecified atom stereocenters. The van der Waals surface area contributed by atoms with Gasteiger partial charge in [-0.2, -0.15) is 0 Å². The van der Waals surface area contributed by atoms with Gasteiger partial charge in [-0.1, -0.05) is 29.8 Å². The van der Waals surface area contributed by atoms with Crippen molar-refractivity contribution in [2.45, 2.75) is 26.0 Å². The number of aryl methyl sites for hydroxylation is 1. The lowest BCUT2D eigenvalue weighted by Gasteiger charge is -2.27. The van der Waals surface area contributed by atoms with Gasteiger partial charge < -0.3 is 20.1 Å². The normalized spacial score (nSPS) is 14.6. The van der Waals surface area contributed by atoms with Crippen LogP contribution in [-0.4, -0.2) is 23.6 Å². The van der Waals surface area contributed by atoms with Crippen molar-refractivity contribution in [1.29, 1.82) is 0 Å². The second kappa shape index (κ2) is 9.87. The highest BCUT2D eigenvalue weighted by Gasteiger charge is 2.27. The van der Waals surface area contributed by atoms with E-state index in [4.69, 9.17) is 21.1 Å². The zero-order chi connectivity index (χ0) is 23.4. The Labute approximate surface area is 194 Å². The monoisotopic (exact) mass is 469 g/mol. The number of hydrogen-bond donors (Lipinski definition) is 2. The topological polar surface area (TPSA) is 89.5 Å². The average molecular weight is 470 g/mol. The van der Waals surface area contributed by atoms with E-state index in [1.54, 1.807) is 24.3 Å². The van der Waals surface area contributed by atoms with Gasteiger partial charge in [0, 0.05) is 23.4 Å². The number of carbonyl (C=O) groups is 2. The number of aromatic nitrogens is 1. The minimum absolute atomic E-state index is 0.0479. The molecule has 2 N–H and O–H groups in total. The molecule has 1 aliphatic rings. The largest absolute Gasteiger partial charge is 0.492 e. The number of pyridine rings is 1. The highest BCUT2D eigenvalue weighted by molar-refractivity contribution is 6.31. The molecule has 1 atom stereocenters. The first kappa shape index (κ1) is 22.5. The van der Waals surface area contributed by atoms with Crippen molar-refractivity contribution in [3.8, 4) is 5.75 Å². The Morgan fingerprint density at radius 1 is 1.21 bits per heavy atom. The first-order valence-corrected chi connectivity index (χ1v) is 10.7. The second-order valence-corrected chi connectivity index (χ2v) is 7.89. The van der Waals surface area contributed by atoms with E-state index in [1.807, 2.05) is 19.1 Å². The Bertz CT molecular complexity index is 1200. The van der Waals surface area contributed by atoms with Crippen LogP contribution >= 0.6 is 11.6 Å². The summed E-state index contributed by atoms with van der Waals surface area (Å²) in [4.78, 5) is 29.5. The lowest BCUT2D eigenvalue weighted by atomic mass is 9.97. The van der Waals surface area contributed by atoms with Gasteiger partial charge in [0.1, 0.15) is 18.2 Å².